The Labute approximate surface area is 172 Å². The topological polar surface area (TPSA) is 82.1 Å². The molecule has 3 aromatic rings. The van der Waals surface area contributed by atoms with Gasteiger partial charge in [0.2, 0.25) is 0 Å². The Morgan fingerprint density at radius 1 is 1.13 bits per heavy atom. The standard InChI is InChI=1S/C21H22F2N6O/c22-14-2-3-17(23)16(8-14)20-18(24)9-15(4-7-30-20)28-11-13-10-27-29(19(13)12-28)21-25-5-1-6-26-21/h1-3,5-6,8,10,15,18,20H,4,7,9,11-12,24H2/t15-,18-,20+/m0/s1. The van der Waals surface area contributed by atoms with E-state index in [1.165, 1.54) is 6.07 Å². The van der Waals surface area contributed by atoms with Crippen LogP contribution in [0.4, 0.5) is 8.78 Å². The highest BCUT2D eigenvalue weighted by Gasteiger charge is 2.35. The van der Waals surface area contributed by atoms with E-state index in [9.17, 15) is 8.78 Å². The minimum Gasteiger partial charge on any atom is -0.372 e. The van der Waals surface area contributed by atoms with Crippen molar-refractivity contribution in [1.29, 1.82) is 0 Å². The number of benzene rings is 1. The third kappa shape index (κ3) is 3.49. The smallest absolute Gasteiger partial charge is 0.250 e. The number of halogens is 2. The SMILES string of the molecule is N[C@H]1C[C@@H](N2Cc3cnn(-c4ncccn4)c3C2)CCO[C@@H]1c1cc(F)ccc1F. The zero-order valence-corrected chi connectivity index (χ0v) is 16.3. The molecule has 0 unspecified atom stereocenters. The molecule has 1 aromatic carbocycles. The fraction of sp³-hybridized carbons (Fsp3) is 0.381. The Bertz CT molecular complexity index is 1040. The summed E-state index contributed by atoms with van der Waals surface area (Å²) in [6, 6.07) is 4.90. The van der Waals surface area contributed by atoms with E-state index >= 15 is 0 Å². The number of fused-ring (bicyclic) bond motifs is 1. The van der Waals surface area contributed by atoms with Crippen LogP contribution in [0.5, 0.6) is 0 Å². The molecule has 1 saturated heterocycles. The first-order chi connectivity index (χ1) is 14.6. The molecule has 0 saturated carbocycles. The molecule has 1 fully saturated rings. The largest absolute Gasteiger partial charge is 0.372 e. The lowest BCUT2D eigenvalue weighted by atomic mass is 9.96. The van der Waals surface area contributed by atoms with Crippen molar-refractivity contribution in [3.05, 3.63) is 71.3 Å². The second-order valence-electron chi connectivity index (χ2n) is 7.78. The fourth-order valence-corrected chi connectivity index (χ4v) is 4.40. The summed E-state index contributed by atoms with van der Waals surface area (Å²) in [7, 11) is 0. The number of nitrogens with zero attached hydrogens (tertiary/aromatic N) is 5. The van der Waals surface area contributed by atoms with E-state index in [2.05, 4.69) is 20.0 Å². The van der Waals surface area contributed by atoms with Gasteiger partial charge < -0.3 is 10.5 Å². The van der Waals surface area contributed by atoms with Crippen molar-refractivity contribution in [2.24, 2.45) is 5.73 Å². The first kappa shape index (κ1) is 19.2. The molecule has 2 aromatic heterocycles. The normalized spacial score (nSPS) is 24.6. The van der Waals surface area contributed by atoms with E-state index < -0.39 is 23.8 Å². The molecule has 4 heterocycles. The second kappa shape index (κ2) is 7.82. The highest BCUT2D eigenvalue weighted by molar-refractivity contribution is 5.28. The third-order valence-electron chi connectivity index (χ3n) is 5.89. The minimum absolute atomic E-state index is 0.166. The van der Waals surface area contributed by atoms with Gasteiger partial charge in [-0.1, -0.05) is 0 Å². The van der Waals surface area contributed by atoms with Crippen LogP contribution >= 0.6 is 0 Å². The second-order valence-corrected chi connectivity index (χ2v) is 7.78. The molecule has 30 heavy (non-hydrogen) atoms. The van der Waals surface area contributed by atoms with Gasteiger partial charge in [0.25, 0.3) is 5.95 Å². The number of aromatic nitrogens is 4. The highest BCUT2D eigenvalue weighted by atomic mass is 19.1. The van der Waals surface area contributed by atoms with Gasteiger partial charge in [0, 0.05) is 55.3 Å². The van der Waals surface area contributed by atoms with Gasteiger partial charge in [-0.15, -0.1) is 0 Å². The van der Waals surface area contributed by atoms with Gasteiger partial charge in [-0.2, -0.15) is 5.10 Å². The van der Waals surface area contributed by atoms with Crippen molar-refractivity contribution in [3.8, 4) is 5.95 Å². The summed E-state index contributed by atoms with van der Waals surface area (Å²) < 4.78 is 35.6. The Morgan fingerprint density at radius 3 is 2.80 bits per heavy atom. The number of hydrogen-bond donors (Lipinski definition) is 1. The molecule has 0 spiro atoms. The average molecular weight is 412 g/mol. The highest BCUT2D eigenvalue weighted by Crippen LogP contribution is 2.34. The lowest BCUT2D eigenvalue weighted by Gasteiger charge is -2.28. The molecule has 2 N–H and O–H groups in total. The predicted octanol–water partition coefficient (Wildman–Crippen LogP) is 2.50. The quantitative estimate of drug-likeness (QED) is 0.712. The van der Waals surface area contributed by atoms with Gasteiger partial charge in [0.05, 0.1) is 11.9 Å². The van der Waals surface area contributed by atoms with Crippen molar-refractivity contribution in [2.45, 2.75) is 44.1 Å². The molecule has 2 aliphatic heterocycles. The number of rotatable bonds is 3. The van der Waals surface area contributed by atoms with Crippen molar-refractivity contribution in [1.82, 2.24) is 24.6 Å². The lowest BCUT2D eigenvalue weighted by Crippen LogP contribution is -2.38. The predicted molar refractivity (Wildman–Crippen MR) is 104 cm³/mol. The number of ether oxygens (including phenoxy) is 1. The van der Waals surface area contributed by atoms with Crippen LogP contribution in [-0.4, -0.2) is 43.3 Å². The molecule has 0 amide bonds. The molecule has 7 nitrogen and oxygen atoms in total. The molecule has 0 radical (unpaired) electrons. The van der Waals surface area contributed by atoms with Gasteiger partial charge in [0.15, 0.2) is 0 Å². The average Bonchev–Trinajstić information content (AvgIpc) is 3.28. The lowest BCUT2D eigenvalue weighted by molar-refractivity contribution is 0.0430. The third-order valence-corrected chi connectivity index (χ3v) is 5.89. The zero-order valence-electron chi connectivity index (χ0n) is 16.3. The van der Waals surface area contributed by atoms with Crippen LogP contribution < -0.4 is 5.73 Å². The van der Waals surface area contributed by atoms with Crippen LogP contribution in [0.3, 0.4) is 0 Å². The van der Waals surface area contributed by atoms with E-state index in [-0.39, 0.29) is 11.6 Å². The molecule has 9 heteroatoms. The Balaban J connectivity index is 1.33. The van der Waals surface area contributed by atoms with Crippen molar-refractivity contribution < 1.29 is 13.5 Å². The van der Waals surface area contributed by atoms with Crippen molar-refractivity contribution in [2.75, 3.05) is 6.61 Å². The zero-order chi connectivity index (χ0) is 20.7. The summed E-state index contributed by atoms with van der Waals surface area (Å²) in [6.07, 6.45) is 5.96. The van der Waals surface area contributed by atoms with Crippen LogP contribution in [0, 0.1) is 11.6 Å². The molecule has 2 aliphatic rings. The van der Waals surface area contributed by atoms with E-state index in [0.29, 0.717) is 25.5 Å². The van der Waals surface area contributed by atoms with E-state index in [1.54, 1.807) is 23.1 Å². The van der Waals surface area contributed by atoms with E-state index in [1.807, 2.05) is 6.20 Å². The van der Waals surface area contributed by atoms with Gasteiger partial charge in [-0.05, 0) is 37.1 Å². The van der Waals surface area contributed by atoms with Gasteiger partial charge >= 0.3 is 0 Å². The Hall–Kier alpha value is -2.75. The van der Waals surface area contributed by atoms with Crippen molar-refractivity contribution in [3.63, 3.8) is 0 Å². The number of hydrogen-bond acceptors (Lipinski definition) is 6. The molecular formula is C21H22F2N6O. The van der Waals surface area contributed by atoms with E-state index in [4.69, 9.17) is 10.5 Å². The maximum Gasteiger partial charge on any atom is 0.250 e. The van der Waals surface area contributed by atoms with Crippen LogP contribution in [0.2, 0.25) is 0 Å². The fourth-order valence-electron chi connectivity index (χ4n) is 4.40. The maximum atomic E-state index is 14.3. The first-order valence-electron chi connectivity index (χ1n) is 9.99. The summed E-state index contributed by atoms with van der Waals surface area (Å²) in [5.41, 5.74) is 8.79. The molecule has 156 valence electrons. The van der Waals surface area contributed by atoms with Gasteiger partial charge in [-0.25, -0.2) is 23.4 Å². The molecular weight excluding hydrogens is 390 g/mol. The van der Waals surface area contributed by atoms with Crippen LogP contribution in [0.1, 0.15) is 35.8 Å². The van der Waals surface area contributed by atoms with Crippen LogP contribution in [0.15, 0.2) is 42.9 Å². The van der Waals surface area contributed by atoms with Gasteiger partial charge in [-0.3, -0.25) is 4.90 Å². The minimum atomic E-state index is -0.663. The number of nitrogens with two attached hydrogens (primary N) is 1. The molecule has 3 atom stereocenters. The Kier molecular flexibility index (Phi) is 5.01. The molecule has 0 aliphatic carbocycles. The Morgan fingerprint density at radius 2 is 1.97 bits per heavy atom. The summed E-state index contributed by atoms with van der Waals surface area (Å²) in [5.74, 6) is -0.444. The first-order valence-corrected chi connectivity index (χ1v) is 9.99. The summed E-state index contributed by atoms with van der Waals surface area (Å²) in [6.45, 7) is 1.88. The van der Waals surface area contributed by atoms with Crippen molar-refractivity contribution >= 4 is 0 Å². The van der Waals surface area contributed by atoms with Crippen LogP contribution in [-0.2, 0) is 17.8 Å². The summed E-state index contributed by atoms with van der Waals surface area (Å²) in [4.78, 5) is 10.9. The monoisotopic (exact) mass is 412 g/mol. The van der Waals surface area contributed by atoms with E-state index in [0.717, 1.165) is 36.4 Å². The maximum absolute atomic E-state index is 14.3. The molecule has 5 rings (SSSR count). The van der Waals surface area contributed by atoms with Crippen LogP contribution in [0.25, 0.3) is 5.95 Å². The molecule has 0 bridgehead atoms. The summed E-state index contributed by atoms with van der Waals surface area (Å²) in [5, 5.41) is 4.43. The summed E-state index contributed by atoms with van der Waals surface area (Å²) >= 11 is 0. The van der Waals surface area contributed by atoms with Gasteiger partial charge in [0.1, 0.15) is 17.7 Å².